The first-order chi connectivity index (χ1) is 13.7. The Kier molecular flexibility index (Phi) is 4.20. The van der Waals surface area contributed by atoms with Gasteiger partial charge in [0.05, 0.1) is 23.5 Å². The lowest BCUT2D eigenvalue weighted by Gasteiger charge is -2.10. The average molecular weight is 377 g/mol. The van der Waals surface area contributed by atoms with Crippen LogP contribution < -0.4 is 5.32 Å². The van der Waals surface area contributed by atoms with Crippen molar-refractivity contribution in [1.29, 1.82) is 0 Å². The lowest BCUT2D eigenvalue weighted by Crippen LogP contribution is -2.20. The van der Waals surface area contributed by atoms with Crippen LogP contribution in [-0.4, -0.2) is 48.4 Å². The Morgan fingerprint density at radius 3 is 3.00 bits per heavy atom. The van der Waals surface area contributed by atoms with E-state index >= 15 is 0 Å². The summed E-state index contributed by atoms with van der Waals surface area (Å²) in [4.78, 5) is 13.9. The van der Waals surface area contributed by atoms with Crippen molar-refractivity contribution in [3.8, 4) is 11.3 Å². The van der Waals surface area contributed by atoms with Gasteiger partial charge in [0.1, 0.15) is 11.3 Å². The van der Waals surface area contributed by atoms with Gasteiger partial charge in [0.15, 0.2) is 5.65 Å². The average Bonchev–Trinajstić information content (AvgIpc) is 3.43. The number of imidazole rings is 1. The lowest BCUT2D eigenvalue weighted by molar-refractivity contribution is 0.120. The molecule has 0 amide bonds. The van der Waals surface area contributed by atoms with Crippen LogP contribution in [0.5, 0.6) is 0 Å². The third kappa shape index (κ3) is 2.90. The Hall–Kier alpha value is -3.00. The van der Waals surface area contributed by atoms with Crippen molar-refractivity contribution in [2.24, 2.45) is 0 Å². The predicted octanol–water partition coefficient (Wildman–Crippen LogP) is 3.06. The highest BCUT2D eigenvalue weighted by Crippen LogP contribution is 2.26. The monoisotopic (exact) mass is 377 g/mol. The number of aryl methyl sites for hydroxylation is 2. The number of nitrogens with zero attached hydrogens (tertiary/aromatic N) is 6. The number of fused-ring (bicyclic) bond motifs is 2. The van der Waals surface area contributed by atoms with Crippen molar-refractivity contribution in [1.82, 2.24) is 29.1 Å². The van der Waals surface area contributed by atoms with E-state index in [1.807, 2.05) is 42.0 Å². The van der Waals surface area contributed by atoms with Gasteiger partial charge in [-0.1, -0.05) is 0 Å². The first-order valence-corrected chi connectivity index (χ1v) is 9.77. The van der Waals surface area contributed by atoms with Gasteiger partial charge in [-0.2, -0.15) is 0 Å². The van der Waals surface area contributed by atoms with Gasteiger partial charge in [0.2, 0.25) is 5.95 Å². The van der Waals surface area contributed by atoms with E-state index in [9.17, 15) is 0 Å². The molecule has 5 heterocycles. The molecule has 8 heteroatoms. The number of anilines is 1. The van der Waals surface area contributed by atoms with Gasteiger partial charge in [0, 0.05) is 31.5 Å². The van der Waals surface area contributed by atoms with Crippen LogP contribution in [0.1, 0.15) is 25.6 Å². The van der Waals surface area contributed by atoms with Crippen molar-refractivity contribution < 1.29 is 4.74 Å². The molecule has 1 saturated heterocycles. The summed E-state index contributed by atoms with van der Waals surface area (Å²) in [6.07, 6.45) is 6.25. The van der Waals surface area contributed by atoms with E-state index in [1.54, 1.807) is 0 Å². The molecular formula is C20H23N7O. The molecule has 8 nitrogen and oxygen atoms in total. The molecule has 28 heavy (non-hydrogen) atoms. The zero-order valence-electron chi connectivity index (χ0n) is 16.1. The van der Waals surface area contributed by atoms with E-state index in [4.69, 9.17) is 9.72 Å². The number of rotatable bonds is 5. The molecule has 0 aliphatic carbocycles. The maximum absolute atomic E-state index is 5.64. The standard InChI is InChI=1S/C20H23N7O/c1-3-26-13(2)23-17-7-6-16(24-19(17)26)15-8-9-27-18(15)12-22-20(25-27)21-11-14-5-4-10-28-14/h6-9,12,14H,3-5,10-11H2,1-2H3,(H,21,25). The molecular weight excluding hydrogens is 354 g/mol. The van der Waals surface area contributed by atoms with E-state index in [2.05, 4.69) is 31.9 Å². The topological polar surface area (TPSA) is 82.2 Å². The van der Waals surface area contributed by atoms with E-state index in [1.165, 1.54) is 0 Å². The maximum Gasteiger partial charge on any atom is 0.241 e. The molecule has 1 fully saturated rings. The molecule has 144 valence electrons. The molecule has 5 rings (SSSR count). The summed E-state index contributed by atoms with van der Waals surface area (Å²) in [6.45, 7) is 6.55. The molecule has 0 bridgehead atoms. The Labute approximate surface area is 162 Å². The summed E-state index contributed by atoms with van der Waals surface area (Å²) in [6, 6.07) is 6.06. The van der Waals surface area contributed by atoms with E-state index < -0.39 is 0 Å². The molecule has 1 atom stereocenters. The minimum absolute atomic E-state index is 0.252. The second-order valence-electron chi connectivity index (χ2n) is 7.10. The van der Waals surface area contributed by atoms with Gasteiger partial charge in [-0.25, -0.2) is 19.5 Å². The Morgan fingerprint density at radius 1 is 1.25 bits per heavy atom. The van der Waals surface area contributed by atoms with Crippen LogP contribution >= 0.6 is 0 Å². The third-order valence-corrected chi connectivity index (χ3v) is 5.30. The summed E-state index contributed by atoms with van der Waals surface area (Å²) in [5.74, 6) is 1.59. The molecule has 0 spiro atoms. The fourth-order valence-corrected chi connectivity index (χ4v) is 3.85. The maximum atomic E-state index is 5.64. The summed E-state index contributed by atoms with van der Waals surface area (Å²) < 4.78 is 9.61. The highest BCUT2D eigenvalue weighted by atomic mass is 16.5. The van der Waals surface area contributed by atoms with Crippen molar-refractivity contribution in [2.45, 2.75) is 39.3 Å². The van der Waals surface area contributed by atoms with Gasteiger partial charge < -0.3 is 14.6 Å². The number of ether oxygens (including phenoxy) is 1. The van der Waals surface area contributed by atoms with Crippen LogP contribution in [0.4, 0.5) is 5.95 Å². The van der Waals surface area contributed by atoms with Crippen LogP contribution in [0, 0.1) is 6.92 Å². The smallest absolute Gasteiger partial charge is 0.241 e. The number of hydrogen-bond donors (Lipinski definition) is 1. The van der Waals surface area contributed by atoms with Crippen LogP contribution in [0.2, 0.25) is 0 Å². The molecule has 0 saturated carbocycles. The summed E-state index contributed by atoms with van der Waals surface area (Å²) >= 11 is 0. The van der Waals surface area contributed by atoms with E-state index in [-0.39, 0.29) is 6.10 Å². The highest BCUT2D eigenvalue weighted by Gasteiger charge is 2.16. The normalized spacial score (nSPS) is 17.0. The first-order valence-electron chi connectivity index (χ1n) is 9.77. The number of aromatic nitrogens is 6. The fraction of sp³-hybridized carbons (Fsp3) is 0.400. The summed E-state index contributed by atoms with van der Waals surface area (Å²) in [5, 5.41) is 7.85. The SMILES string of the molecule is CCn1c(C)nc2ccc(-c3ccn4nc(NCC5CCCO5)ncc34)nc21. The van der Waals surface area contributed by atoms with Crippen LogP contribution in [0.15, 0.2) is 30.6 Å². The van der Waals surface area contributed by atoms with Crippen molar-refractivity contribution in [3.05, 3.63) is 36.4 Å². The first kappa shape index (κ1) is 17.1. The molecule has 4 aromatic rings. The van der Waals surface area contributed by atoms with Crippen LogP contribution in [-0.2, 0) is 11.3 Å². The Balaban J connectivity index is 1.46. The highest BCUT2D eigenvalue weighted by molar-refractivity contribution is 5.82. The summed E-state index contributed by atoms with van der Waals surface area (Å²) in [5.41, 5.74) is 4.66. The Bertz CT molecular complexity index is 1140. The van der Waals surface area contributed by atoms with E-state index in [0.717, 1.165) is 66.3 Å². The summed E-state index contributed by atoms with van der Waals surface area (Å²) in [7, 11) is 0. The quantitative estimate of drug-likeness (QED) is 0.576. The molecule has 0 radical (unpaired) electrons. The molecule has 1 N–H and O–H groups in total. The number of pyridine rings is 1. The Morgan fingerprint density at radius 2 is 2.18 bits per heavy atom. The zero-order chi connectivity index (χ0) is 19.1. The fourth-order valence-electron chi connectivity index (χ4n) is 3.85. The van der Waals surface area contributed by atoms with Gasteiger partial charge in [-0.3, -0.25) is 0 Å². The minimum atomic E-state index is 0.252. The van der Waals surface area contributed by atoms with Crippen molar-refractivity contribution in [3.63, 3.8) is 0 Å². The zero-order valence-corrected chi connectivity index (χ0v) is 16.1. The van der Waals surface area contributed by atoms with Gasteiger partial charge in [-0.15, -0.1) is 5.10 Å². The van der Waals surface area contributed by atoms with Crippen molar-refractivity contribution >= 4 is 22.6 Å². The third-order valence-electron chi connectivity index (χ3n) is 5.30. The molecule has 1 aliphatic rings. The minimum Gasteiger partial charge on any atom is -0.376 e. The van der Waals surface area contributed by atoms with Crippen LogP contribution in [0.3, 0.4) is 0 Å². The number of nitrogens with one attached hydrogen (secondary N) is 1. The molecule has 4 aromatic heterocycles. The molecule has 1 unspecified atom stereocenters. The van der Waals surface area contributed by atoms with Crippen molar-refractivity contribution in [2.75, 3.05) is 18.5 Å². The van der Waals surface area contributed by atoms with Gasteiger partial charge >= 0.3 is 0 Å². The van der Waals surface area contributed by atoms with E-state index in [0.29, 0.717) is 5.95 Å². The van der Waals surface area contributed by atoms with Gasteiger partial charge in [0.25, 0.3) is 0 Å². The predicted molar refractivity (Wildman–Crippen MR) is 107 cm³/mol. The second-order valence-corrected chi connectivity index (χ2v) is 7.10. The van der Waals surface area contributed by atoms with Crippen LogP contribution in [0.25, 0.3) is 27.9 Å². The second kappa shape index (κ2) is 6.87. The largest absolute Gasteiger partial charge is 0.376 e. The molecule has 1 aliphatic heterocycles. The lowest BCUT2D eigenvalue weighted by atomic mass is 10.2. The molecule has 0 aromatic carbocycles. The number of hydrogen-bond acceptors (Lipinski definition) is 6. The van der Waals surface area contributed by atoms with Gasteiger partial charge in [-0.05, 0) is 44.9 Å².